The summed E-state index contributed by atoms with van der Waals surface area (Å²) >= 11 is 6.27. The highest BCUT2D eigenvalue weighted by Gasteiger charge is 2.40. The van der Waals surface area contributed by atoms with Crippen LogP contribution in [-0.4, -0.2) is 140 Å². The predicted molar refractivity (Wildman–Crippen MR) is 327 cm³/mol. The number of imide groups is 1. The zero-order valence-corrected chi connectivity index (χ0v) is 49.7. The summed E-state index contributed by atoms with van der Waals surface area (Å²) in [6, 6.07) is 25.2. The number of nitrogens with zero attached hydrogens (tertiary/aromatic N) is 6. The second-order valence-corrected chi connectivity index (χ2v) is 25.6. The van der Waals surface area contributed by atoms with Crippen molar-refractivity contribution in [1.82, 2.24) is 34.7 Å². The number of nitrogens with one attached hydrogen (secondary N) is 4. The molecule has 4 amide bonds. The summed E-state index contributed by atoms with van der Waals surface area (Å²) in [4.78, 5) is 79.1. The monoisotopic (exact) mass is 1200 g/mol. The number of pyridine rings is 1. The lowest BCUT2D eigenvalue weighted by atomic mass is 9.72. The number of carbonyl (C=O) groups excluding carboxylic acids is 4. The number of ether oxygens (including phenoxy) is 2. The van der Waals surface area contributed by atoms with E-state index in [9.17, 15) is 37.7 Å². The van der Waals surface area contributed by atoms with Crippen LogP contribution in [0.2, 0.25) is 5.02 Å². The molecule has 0 spiro atoms. The van der Waals surface area contributed by atoms with E-state index in [1.54, 1.807) is 30.5 Å². The number of benzene rings is 4. The van der Waals surface area contributed by atoms with Crippen molar-refractivity contribution in [2.75, 3.05) is 82.3 Å². The number of hydrogen-bond donors (Lipinski definition) is 4. The molecule has 448 valence electrons. The van der Waals surface area contributed by atoms with Crippen LogP contribution in [-0.2, 0) is 30.9 Å². The minimum atomic E-state index is -4.63. The van der Waals surface area contributed by atoms with Crippen LogP contribution in [0.25, 0.3) is 16.6 Å². The van der Waals surface area contributed by atoms with Gasteiger partial charge in [0, 0.05) is 105 Å². The Morgan fingerprint density at radius 3 is 2.50 bits per heavy atom. The Bertz CT molecular complexity index is 3800. The zero-order chi connectivity index (χ0) is 60.1. The van der Waals surface area contributed by atoms with Crippen LogP contribution in [0.5, 0.6) is 11.5 Å². The van der Waals surface area contributed by atoms with Crippen molar-refractivity contribution in [3.63, 3.8) is 0 Å². The van der Waals surface area contributed by atoms with E-state index in [0.29, 0.717) is 74.8 Å². The lowest BCUT2D eigenvalue weighted by molar-refractivity contribution is -0.384. The predicted octanol–water partition coefficient (Wildman–Crippen LogP) is 9.16. The number of hydrogen-bond acceptors (Lipinski definition) is 15. The van der Waals surface area contributed by atoms with Crippen LogP contribution < -0.4 is 25.0 Å². The van der Waals surface area contributed by atoms with E-state index < -0.39 is 43.4 Å². The fraction of sp³-hybridized carbons (Fsp3) is 0.391. The van der Waals surface area contributed by atoms with Gasteiger partial charge in [0.2, 0.25) is 11.8 Å². The van der Waals surface area contributed by atoms with Crippen molar-refractivity contribution < 1.29 is 42.0 Å². The standard InChI is InChI=1S/C64H69ClN10O10S/c1-64(2)23-19-46(53(37-64)43-9-11-48(65)12-10-43)40-72-27-29-73(30-28-72)49-13-15-52(57(35-49)85-50-34-45-20-24-66-60(45)68-39-50)61(77)70-86(82,83)51-14-16-54(56(36-51)75(80)81)67-38-42-21-25-71(26-22-42)31-33-84-32-4-3-6-44-7-5-8-47-41-74(63(79)59(44)47)55-17-18-58(76)69-62(55)78/h5,7-16,20,24,34-36,39,42,55,67H,4,17-19,21-23,25-33,37-38,40-41H2,1-2H3,(H,66,68)(H,70,77)(H,69,76,78). The first kappa shape index (κ1) is 59.6. The van der Waals surface area contributed by atoms with E-state index in [2.05, 4.69) is 77.8 Å². The smallest absolute Gasteiger partial charge is 0.293 e. The summed E-state index contributed by atoms with van der Waals surface area (Å²) < 4.78 is 42.3. The molecule has 4 aromatic carbocycles. The molecular weight excluding hydrogens is 1140 g/mol. The number of rotatable bonds is 19. The molecule has 6 heterocycles. The van der Waals surface area contributed by atoms with Gasteiger partial charge < -0.3 is 34.5 Å². The van der Waals surface area contributed by atoms with E-state index in [0.717, 1.165) is 92.6 Å². The van der Waals surface area contributed by atoms with E-state index in [-0.39, 0.29) is 53.1 Å². The van der Waals surface area contributed by atoms with E-state index in [4.69, 9.17) is 21.1 Å². The number of H-pyrrole nitrogens is 1. The Hall–Kier alpha value is -8.13. The number of nitro benzene ring substituents is 1. The first-order valence-electron chi connectivity index (χ1n) is 29.3. The topological polar surface area (TPSA) is 242 Å². The Balaban J connectivity index is 0.668. The molecule has 11 rings (SSSR count). The third kappa shape index (κ3) is 13.9. The van der Waals surface area contributed by atoms with Gasteiger partial charge in [-0.25, -0.2) is 18.1 Å². The van der Waals surface area contributed by atoms with Gasteiger partial charge in [-0.3, -0.25) is 39.5 Å². The van der Waals surface area contributed by atoms with E-state index in [1.807, 2.05) is 30.3 Å². The average molecular weight is 1210 g/mol. The number of aromatic amines is 1. The first-order chi connectivity index (χ1) is 41.4. The second-order valence-electron chi connectivity index (χ2n) is 23.5. The number of halogens is 1. The molecule has 2 aromatic heterocycles. The minimum Gasteiger partial charge on any atom is -0.455 e. The van der Waals surface area contributed by atoms with E-state index >= 15 is 0 Å². The van der Waals surface area contributed by atoms with Crippen molar-refractivity contribution in [2.24, 2.45) is 11.3 Å². The van der Waals surface area contributed by atoms with Gasteiger partial charge in [0.25, 0.3) is 27.5 Å². The molecule has 3 fully saturated rings. The molecule has 0 bridgehead atoms. The fourth-order valence-electron chi connectivity index (χ4n) is 12.2. The van der Waals surface area contributed by atoms with Crippen molar-refractivity contribution in [3.8, 4) is 23.3 Å². The number of carbonyl (C=O) groups is 4. The van der Waals surface area contributed by atoms with Gasteiger partial charge in [-0.15, -0.1) is 0 Å². The molecule has 4 aliphatic heterocycles. The highest BCUT2D eigenvalue weighted by molar-refractivity contribution is 7.90. The summed E-state index contributed by atoms with van der Waals surface area (Å²) in [6.45, 7) is 12.5. The molecule has 3 saturated heterocycles. The molecule has 1 atom stereocenters. The maximum Gasteiger partial charge on any atom is 0.293 e. The number of anilines is 2. The molecular formula is C64H69ClN10O10S. The molecule has 1 unspecified atom stereocenters. The number of aromatic nitrogens is 2. The quantitative estimate of drug-likeness (QED) is 0.0194. The Labute approximate surface area is 504 Å². The van der Waals surface area contributed by atoms with Crippen molar-refractivity contribution in [3.05, 3.63) is 152 Å². The van der Waals surface area contributed by atoms with E-state index in [1.165, 1.54) is 46.0 Å². The van der Waals surface area contributed by atoms with Gasteiger partial charge in [0.15, 0.2) is 0 Å². The van der Waals surface area contributed by atoms with Crippen molar-refractivity contribution in [1.29, 1.82) is 0 Å². The van der Waals surface area contributed by atoms with Crippen LogP contribution in [0.4, 0.5) is 17.1 Å². The Morgan fingerprint density at radius 1 is 0.919 bits per heavy atom. The number of fused-ring (bicyclic) bond motifs is 2. The lowest BCUT2D eigenvalue weighted by Gasteiger charge is -2.39. The number of likely N-dealkylation sites (tertiary alicyclic amines) is 1. The molecule has 22 heteroatoms. The highest BCUT2D eigenvalue weighted by Crippen LogP contribution is 2.44. The number of nitro groups is 1. The van der Waals surface area contributed by atoms with Crippen LogP contribution >= 0.6 is 11.6 Å². The van der Waals surface area contributed by atoms with Crippen LogP contribution in [0.15, 0.2) is 114 Å². The van der Waals surface area contributed by atoms with Crippen LogP contribution in [0.1, 0.15) is 103 Å². The number of sulfonamides is 1. The van der Waals surface area contributed by atoms with Gasteiger partial charge in [-0.2, -0.15) is 0 Å². The SMILES string of the molecule is CC1(C)CCC(CN2CCN(c3ccc(C(=O)NS(=O)(=O)c4ccc(NCC5CCN(CCOCCC#Cc6cccc7c6C(=O)N(C6CCC(=O)NC6=O)C7)CC5)c([N+](=O)[O-])c4)c(Oc4cnc5[nH]ccc5c4)c3)CC2)=C(c2ccc(Cl)cc2)C1. The lowest BCUT2D eigenvalue weighted by Crippen LogP contribution is -2.52. The van der Waals surface area contributed by atoms with Gasteiger partial charge >= 0.3 is 0 Å². The molecule has 86 heavy (non-hydrogen) atoms. The highest BCUT2D eigenvalue weighted by atomic mass is 35.5. The third-order valence-electron chi connectivity index (χ3n) is 17.0. The molecule has 0 saturated carbocycles. The zero-order valence-electron chi connectivity index (χ0n) is 48.2. The minimum absolute atomic E-state index is 0.0596. The second kappa shape index (κ2) is 25.8. The molecule has 5 aliphatic rings. The molecule has 1 aliphatic carbocycles. The summed E-state index contributed by atoms with van der Waals surface area (Å²) in [5.74, 6) is 4.84. The molecule has 0 radical (unpaired) electrons. The summed E-state index contributed by atoms with van der Waals surface area (Å²) in [7, 11) is -4.63. The number of piperidine rings is 2. The summed E-state index contributed by atoms with van der Waals surface area (Å²) in [5, 5.41) is 19.5. The summed E-state index contributed by atoms with van der Waals surface area (Å²) in [5.41, 5.74) is 7.26. The van der Waals surface area contributed by atoms with Crippen LogP contribution in [0.3, 0.4) is 0 Å². The Kier molecular flexibility index (Phi) is 17.9. The molecule has 6 aromatic rings. The van der Waals surface area contributed by atoms with Crippen molar-refractivity contribution >= 4 is 78.9 Å². The maximum atomic E-state index is 14.2. The first-order valence-corrected chi connectivity index (χ1v) is 31.1. The molecule has 20 nitrogen and oxygen atoms in total. The van der Waals surface area contributed by atoms with Gasteiger partial charge in [-0.1, -0.05) is 67.1 Å². The third-order valence-corrected chi connectivity index (χ3v) is 18.6. The maximum absolute atomic E-state index is 14.2. The number of amides is 4. The van der Waals surface area contributed by atoms with Crippen LogP contribution in [0, 0.1) is 33.3 Å². The summed E-state index contributed by atoms with van der Waals surface area (Å²) in [6.07, 6.45) is 9.02. The fourth-order valence-corrected chi connectivity index (χ4v) is 13.3. The largest absolute Gasteiger partial charge is 0.455 e. The normalized spacial score (nSPS) is 18.6. The van der Waals surface area contributed by atoms with Gasteiger partial charge in [0.05, 0.1) is 40.4 Å². The van der Waals surface area contributed by atoms with Crippen molar-refractivity contribution in [2.45, 2.75) is 82.7 Å². The molecule has 4 N–H and O–H groups in total. The van der Waals surface area contributed by atoms with Gasteiger partial charge in [-0.05, 0) is 134 Å². The average Bonchev–Trinajstić information content (AvgIpc) is 3.03. The van der Waals surface area contributed by atoms with Gasteiger partial charge in [0.1, 0.15) is 28.9 Å². The number of piperazine rings is 1. The number of allylic oxidation sites excluding steroid dienone is 1. The Morgan fingerprint density at radius 2 is 1.72 bits per heavy atom.